The summed E-state index contributed by atoms with van der Waals surface area (Å²) in [4.78, 5) is 29.5. The summed E-state index contributed by atoms with van der Waals surface area (Å²) in [7, 11) is 1.29. The van der Waals surface area contributed by atoms with Gasteiger partial charge in [-0.05, 0) is 35.2 Å². The lowest BCUT2D eigenvalue weighted by Gasteiger charge is -2.17. The summed E-state index contributed by atoms with van der Waals surface area (Å²) in [5, 5.41) is 10.4. The number of thioether (sulfide) groups is 1. The molecular formula is C24H25NO5S. The third-order valence-electron chi connectivity index (χ3n) is 4.93. The summed E-state index contributed by atoms with van der Waals surface area (Å²) in [6.45, 7) is 4.28. The monoisotopic (exact) mass is 439 g/mol. The lowest BCUT2D eigenvalue weighted by Crippen LogP contribution is -2.14. The number of pyridine rings is 1. The van der Waals surface area contributed by atoms with Crippen molar-refractivity contribution in [1.82, 2.24) is 4.98 Å². The second-order valence-corrected chi connectivity index (χ2v) is 8.47. The van der Waals surface area contributed by atoms with Crippen molar-refractivity contribution < 1.29 is 19.1 Å². The fourth-order valence-electron chi connectivity index (χ4n) is 3.16. The van der Waals surface area contributed by atoms with Crippen LogP contribution in [0.2, 0.25) is 0 Å². The summed E-state index contributed by atoms with van der Waals surface area (Å²) >= 11 is 1.52. The molecule has 0 spiro atoms. The Morgan fingerprint density at radius 2 is 1.94 bits per heavy atom. The molecule has 0 saturated heterocycles. The van der Waals surface area contributed by atoms with E-state index >= 15 is 0 Å². The van der Waals surface area contributed by atoms with Gasteiger partial charge < -0.3 is 14.3 Å². The Bertz CT molecular complexity index is 1080. The highest BCUT2D eigenvalue weighted by Gasteiger charge is 2.26. The molecule has 0 bridgehead atoms. The summed E-state index contributed by atoms with van der Waals surface area (Å²) < 4.78 is 10.7. The van der Waals surface area contributed by atoms with Gasteiger partial charge in [0.2, 0.25) is 11.2 Å². The van der Waals surface area contributed by atoms with E-state index in [2.05, 4.69) is 31.0 Å². The van der Waals surface area contributed by atoms with E-state index in [0.717, 1.165) is 4.90 Å². The highest BCUT2D eigenvalue weighted by atomic mass is 32.2. The molecule has 0 aliphatic heterocycles. The highest BCUT2D eigenvalue weighted by Crippen LogP contribution is 2.34. The van der Waals surface area contributed by atoms with Crippen LogP contribution < -0.4 is 5.43 Å². The molecule has 3 aromatic rings. The van der Waals surface area contributed by atoms with E-state index in [1.807, 2.05) is 12.1 Å². The molecule has 7 heteroatoms. The van der Waals surface area contributed by atoms with Crippen LogP contribution >= 0.6 is 11.8 Å². The van der Waals surface area contributed by atoms with Crippen LogP contribution in [0.3, 0.4) is 0 Å². The standard InChI is InChI=1S/C24H25NO5S/c1-15(2)16-6-8-19(9-7-16)31-14-18-11-21(26)23(28)24(30-18)20(12-22(27)29-3)17-5-4-10-25-13-17/h4-11,13,15,20,28H,12,14H2,1-3H3. The zero-order chi connectivity index (χ0) is 22.4. The smallest absolute Gasteiger partial charge is 0.306 e. The number of ether oxygens (including phenoxy) is 1. The molecule has 1 unspecified atom stereocenters. The van der Waals surface area contributed by atoms with Crippen LogP contribution in [0.4, 0.5) is 0 Å². The van der Waals surface area contributed by atoms with Crippen molar-refractivity contribution in [1.29, 1.82) is 0 Å². The average molecular weight is 440 g/mol. The molecule has 6 nitrogen and oxygen atoms in total. The Morgan fingerprint density at radius 1 is 1.19 bits per heavy atom. The fraction of sp³-hybridized carbons (Fsp3) is 0.292. The maximum atomic E-state index is 12.4. The Kier molecular flexibility index (Phi) is 7.52. The van der Waals surface area contributed by atoms with Gasteiger partial charge in [-0.1, -0.05) is 32.0 Å². The second kappa shape index (κ2) is 10.3. The second-order valence-electron chi connectivity index (χ2n) is 7.42. The maximum absolute atomic E-state index is 12.4. The number of carbonyl (C=O) groups is 1. The van der Waals surface area contributed by atoms with Gasteiger partial charge in [0.25, 0.3) is 0 Å². The van der Waals surface area contributed by atoms with Crippen LogP contribution in [0.25, 0.3) is 0 Å². The molecule has 1 N–H and O–H groups in total. The fourth-order valence-corrected chi connectivity index (χ4v) is 3.94. The van der Waals surface area contributed by atoms with Gasteiger partial charge in [-0.3, -0.25) is 14.6 Å². The lowest BCUT2D eigenvalue weighted by molar-refractivity contribution is -0.140. The largest absolute Gasteiger partial charge is 0.502 e. The number of nitrogens with zero attached hydrogens (tertiary/aromatic N) is 1. The lowest BCUT2D eigenvalue weighted by atomic mass is 9.93. The van der Waals surface area contributed by atoms with Gasteiger partial charge in [0.05, 0.1) is 25.2 Å². The molecule has 162 valence electrons. The molecule has 0 amide bonds. The molecule has 2 heterocycles. The van der Waals surface area contributed by atoms with Crippen LogP contribution in [0.5, 0.6) is 5.75 Å². The van der Waals surface area contributed by atoms with Crippen molar-refractivity contribution in [2.24, 2.45) is 0 Å². The first-order chi connectivity index (χ1) is 14.9. The molecule has 1 atom stereocenters. The van der Waals surface area contributed by atoms with Crippen molar-refractivity contribution in [2.45, 2.75) is 42.8 Å². The predicted molar refractivity (Wildman–Crippen MR) is 119 cm³/mol. The van der Waals surface area contributed by atoms with E-state index in [1.54, 1.807) is 24.5 Å². The quantitative estimate of drug-likeness (QED) is 0.396. The number of hydrogen-bond acceptors (Lipinski definition) is 7. The van der Waals surface area contributed by atoms with Crippen molar-refractivity contribution in [3.8, 4) is 5.75 Å². The van der Waals surface area contributed by atoms with Crippen LogP contribution in [0.1, 0.15) is 54.8 Å². The van der Waals surface area contributed by atoms with Crippen molar-refractivity contribution >= 4 is 17.7 Å². The molecule has 31 heavy (non-hydrogen) atoms. The molecule has 0 aliphatic carbocycles. The molecule has 0 aliphatic rings. The Balaban J connectivity index is 1.89. The third kappa shape index (κ3) is 5.76. The maximum Gasteiger partial charge on any atom is 0.306 e. The number of aromatic hydroxyl groups is 1. The van der Waals surface area contributed by atoms with Crippen molar-refractivity contribution in [3.63, 3.8) is 0 Å². The number of aromatic nitrogens is 1. The van der Waals surface area contributed by atoms with Crippen LogP contribution in [0.15, 0.2) is 69.0 Å². The van der Waals surface area contributed by atoms with Crippen molar-refractivity contribution in [2.75, 3.05) is 7.11 Å². The first kappa shape index (κ1) is 22.6. The Labute approximate surface area is 185 Å². The number of esters is 1. The minimum atomic E-state index is -0.691. The van der Waals surface area contributed by atoms with E-state index < -0.39 is 23.1 Å². The van der Waals surface area contributed by atoms with E-state index in [9.17, 15) is 14.7 Å². The van der Waals surface area contributed by atoms with Crippen molar-refractivity contribution in [3.05, 3.63) is 87.7 Å². The number of carbonyl (C=O) groups excluding carboxylic acids is 1. The first-order valence-electron chi connectivity index (χ1n) is 9.94. The number of rotatable bonds is 8. The summed E-state index contributed by atoms with van der Waals surface area (Å²) in [6.07, 6.45) is 3.09. The van der Waals surface area contributed by atoms with Gasteiger partial charge in [0, 0.05) is 23.4 Å². The van der Waals surface area contributed by atoms with E-state index in [0.29, 0.717) is 23.0 Å². The SMILES string of the molecule is COC(=O)CC(c1cccnc1)c1oc(CSc2ccc(C(C)C)cc2)cc(=O)c1O. The van der Waals surface area contributed by atoms with Gasteiger partial charge in [-0.25, -0.2) is 0 Å². The highest BCUT2D eigenvalue weighted by molar-refractivity contribution is 7.98. The molecule has 3 rings (SSSR count). The normalized spacial score (nSPS) is 12.0. The van der Waals surface area contributed by atoms with Crippen LogP contribution in [-0.4, -0.2) is 23.2 Å². The first-order valence-corrected chi connectivity index (χ1v) is 10.9. The topological polar surface area (TPSA) is 89.6 Å². The summed E-state index contributed by atoms with van der Waals surface area (Å²) in [5.74, 6) is -0.374. The molecule has 0 saturated carbocycles. The third-order valence-corrected chi connectivity index (χ3v) is 5.96. The average Bonchev–Trinajstić information content (AvgIpc) is 2.79. The number of benzene rings is 1. The van der Waals surface area contributed by atoms with Crippen LogP contribution in [-0.2, 0) is 15.3 Å². The molecule has 2 aromatic heterocycles. The zero-order valence-electron chi connectivity index (χ0n) is 17.7. The molecule has 1 aromatic carbocycles. The van der Waals surface area contributed by atoms with Gasteiger partial charge >= 0.3 is 5.97 Å². The van der Waals surface area contributed by atoms with Crippen LogP contribution in [0, 0.1) is 0 Å². The van der Waals surface area contributed by atoms with Gasteiger partial charge in [-0.2, -0.15) is 0 Å². The Morgan fingerprint density at radius 3 is 2.55 bits per heavy atom. The van der Waals surface area contributed by atoms with E-state index in [-0.39, 0.29) is 12.2 Å². The molecule has 0 fully saturated rings. The van der Waals surface area contributed by atoms with Gasteiger partial charge in [-0.15, -0.1) is 11.8 Å². The minimum Gasteiger partial charge on any atom is -0.502 e. The number of methoxy groups -OCH3 is 1. The van der Waals surface area contributed by atoms with E-state index in [1.165, 1.54) is 30.5 Å². The molecule has 0 radical (unpaired) electrons. The Hall–Kier alpha value is -3.06. The number of hydrogen-bond donors (Lipinski definition) is 1. The van der Waals surface area contributed by atoms with Gasteiger partial charge in [0.15, 0.2) is 5.76 Å². The van der Waals surface area contributed by atoms with E-state index in [4.69, 9.17) is 9.15 Å². The summed E-state index contributed by atoms with van der Waals surface area (Å²) in [6, 6.07) is 13.0. The zero-order valence-corrected chi connectivity index (χ0v) is 18.5. The predicted octanol–water partition coefficient (Wildman–Crippen LogP) is 4.85. The minimum absolute atomic E-state index is 0.0386. The van der Waals surface area contributed by atoms with Gasteiger partial charge in [0.1, 0.15) is 5.76 Å². The summed E-state index contributed by atoms with van der Waals surface area (Å²) in [5.41, 5.74) is 1.34. The molecular weight excluding hydrogens is 414 g/mol.